The van der Waals surface area contributed by atoms with Crippen molar-refractivity contribution >= 4 is 74.6 Å². The van der Waals surface area contributed by atoms with Gasteiger partial charge in [0.15, 0.2) is 17.5 Å². The Balaban J connectivity index is 1.15. The number of thiazole rings is 1. The van der Waals surface area contributed by atoms with Gasteiger partial charge >= 0.3 is 0 Å². The normalized spacial score (nSPS) is 11.7. The number of hydrogen-bond acceptors (Lipinski definition) is 6. The molecule has 54 heavy (non-hydrogen) atoms. The van der Waals surface area contributed by atoms with Crippen LogP contribution in [0.1, 0.15) is 0 Å². The molecule has 8 aromatic carbocycles. The molecular weight excluding hydrogens is 697 g/mol. The van der Waals surface area contributed by atoms with Gasteiger partial charge in [-0.05, 0) is 51.4 Å². The fraction of sp³-hybridized carbons (Fsp3) is 0. The van der Waals surface area contributed by atoms with Gasteiger partial charge in [0, 0.05) is 48.0 Å². The molecule has 0 N–H and O–H groups in total. The molecule has 11 aromatic rings. The summed E-state index contributed by atoms with van der Waals surface area (Å²) in [5, 5.41) is 8.23. The number of thiophene rings is 1. The van der Waals surface area contributed by atoms with E-state index in [4.69, 9.17) is 19.9 Å². The van der Waals surface area contributed by atoms with Gasteiger partial charge in [0.25, 0.3) is 0 Å². The lowest BCUT2D eigenvalue weighted by Gasteiger charge is -2.13. The van der Waals surface area contributed by atoms with Gasteiger partial charge in [0.05, 0.1) is 10.2 Å². The van der Waals surface area contributed by atoms with Crippen molar-refractivity contribution in [1.29, 1.82) is 0 Å². The minimum absolute atomic E-state index is 0.641. The topological polar surface area (TPSA) is 51.6 Å². The van der Waals surface area contributed by atoms with Crippen molar-refractivity contribution < 1.29 is 0 Å². The maximum Gasteiger partial charge on any atom is 0.164 e. The number of aromatic nitrogens is 4. The number of nitrogens with zero attached hydrogens (tertiary/aromatic N) is 4. The second-order valence-corrected chi connectivity index (χ2v) is 15.5. The van der Waals surface area contributed by atoms with E-state index in [-0.39, 0.29) is 0 Å². The summed E-state index contributed by atoms with van der Waals surface area (Å²) >= 11 is 3.64. The SMILES string of the molecule is c1ccc(-c2nc(-c3ccccc3)nc(-c3ccc(-c4cc5sc6ccccc6c5c5sc(-c6ccc7ccccc7c6)nc45)c4ccccc34)n2)cc1. The van der Waals surface area contributed by atoms with E-state index < -0.39 is 0 Å². The zero-order valence-corrected chi connectivity index (χ0v) is 30.4. The van der Waals surface area contributed by atoms with E-state index in [0.29, 0.717) is 17.5 Å². The fourth-order valence-electron chi connectivity index (χ4n) is 7.58. The van der Waals surface area contributed by atoms with Crippen molar-refractivity contribution in [2.24, 2.45) is 0 Å². The zero-order valence-electron chi connectivity index (χ0n) is 28.8. The zero-order chi connectivity index (χ0) is 35.6. The lowest BCUT2D eigenvalue weighted by molar-refractivity contribution is 1.08. The molecule has 252 valence electrons. The molecule has 0 unspecified atom stereocenters. The fourth-order valence-corrected chi connectivity index (χ4v) is 9.95. The molecule has 0 aliphatic carbocycles. The quantitative estimate of drug-likeness (QED) is 0.177. The highest BCUT2D eigenvalue weighted by Gasteiger charge is 2.21. The molecule has 0 saturated carbocycles. The Bertz CT molecular complexity index is 3160. The first-order chi connectivity index (χ1) is 26.7. The van der Waals surface area contributed by atoms with Crippen LogP contribution < -0.4 is 0 Å². The standard InChI is InChI=1S/C48H28N4S2/c1-3-14-30(15-4-1)45-50-46(31-16-5-2-6-17-31)52-47(51-45)37-26-25-36(34-19-9-10-20-35(34)37)39-28-41-42(38-21-11-12-22-40(38)53-41)44-43(39)49-48(54-44)33-24-23-29-13-7-8-18-32(29)27-33/h1-28H. The maximum atomic E-state index is 5.47. The molecule has 0 amide bonds. The van der Waals surface area contributed by atoms with E-state index in [1.165, 1.54) is 35.6 Å². The van der Waals surface area contributed by atoms with Crippen molar-refractivity contribution in [1.82, 2.24) is 19.9 Å². The monoisotopic (exact) mass is 724 g/mol. The lowest BCUT2D eigenvalue weighted by Crippen LogP contribution is -2.00. The summed E-state index contributed by atoms with van der Waals surface area (Å²) < 4.78 is 3.76. The van der Waals surface area contributed by atoms with Gasteiger partial charge in [-0.2, -0.15) is 0 Å². The largest absolute Gasteiger partial charge is 0.235 e. The summed E-state index contributed by atoms with van der Waals surface area (Å²) in [7, 11) is 0. The van der Waals surface area contributed by atoms with Crippen LogP contribution >= 0.6 is 22.7 Å². The molecule has 0 fully saturated rings. The van der Waals surface area contributed by atoms with E-state index in [0.717, 1.165) is 54.7 Å². The molecule has 3 heterocycles. The van der Waals surface area contributed by atoms with Crippen LogP contribution in [0.5, 0.6) is 0 Å². The number of rotatable bonds is 5. The predicted octanol–water partition coefficient (Wildman–Crippen LogP) is 13.5. The number of fused-ring (bicyclic) bond motifs is 7. The summed E-state index contributed by atoms with van der Waals surface area (Å²) in [5.74, 6) is 1.93. The minimum atomic E-state index is 0.641. The number of hydrogen-bond donors (Lipinski definition) is 0. The van der Waals surface area contributed by atoms with Crippen molar-refractivity contribution in [2.75, 3.05) is 0 Å². The molecular formula is C48H28N4S2. The van der Waals surface area contributed by atoms with Crippen molar-refractivity contribution in [3.63, 3.8) is 0 Å². The Kier molecular flexibility index (Phi) is 7.18. The second kappa shape index (κ2) is 12.5. The van der Waals surface area contributed by atoms with E-state index in [1.54, 1.807) is 11.3 Å². The first-order valence-corrected chi connectivity index (χ1v) is 19.5. The van der Waals surface area contributed by atoms with E-state index in [1.807, 2.05) is 72.0 Å². The summed E-state index contributed by atoms with van der Waals surface area (Å²) in [6, 6.07) is 59.6. The van der Waals surface area contributed by atoms with Crippen molar-refractivity contribution in [3.8, 4) is 55.9 Å². The average molecular weight is 725 g/mol. The highest BCUT2D eigenvalue weighted by molar-refractivity contribution is 7.28. The first-order valence-electron chi connectivity index (χ1n) is 17.9. The van der Waals surface area contributed by atoms with E-state index in [9.17, 15) is 0 Å². The summed E-state index contributed by atoms with van der Waals surface area (Å²) in [5.41, 5.74) is 7.27. The molecule has 0 bridgehead atoms. The Hall–Kier alpha value is -6.60. The van der Waals surface area contributed by atoms with Crippen molar-refractivity contribution in [3.05, 3.63) is 170 Å². The van der Waals surface area contributed by atoms with Gasteiger partial charge in [0.2, 0.25) is 0 Å². The third-order valence-electron chi connectivity index (χ3n) is 10.2. The Morgan fingerprint density at radius 3 is 1.69 bits per heavy atom. The predicted molar refractivity (Wildman–Crippen MR) is 228 cm³/mol. The van der Waals surface area contributed by atoms with Crippen LogP contribution in [0.3, 0.4) is 0 Å². The molecule has 6 heteroatoms. The smallest absolute Gasteiger partial charge is 0.164 e. The van der Waals surface area contributed by atoms with Crippen LogP contribution in [0.2, 0.25) is 0 Å². The van der Waals surface area contributed by atoms with Gasteiger partial charge in [-0.25, -0.2) is 19.9 Å². The molecule has 11 rings (SSSR count). The molecule has 0 atom stereocenters. The summed E-state index contributed by atoms with van der Waals surface area (Å²) in [4.78, 5) is 20.6. The van der Waals surface area contributed by atoms with Gasteiger partial charge in [-0.1, -0.05) is 146 Å². The average Bonchev–Trinajstić information content (AvgIpc) is 3.86. The van der Waals surface area contributed by atoms with E-state index >= 15 is 0 Å². The van der Waals surface area contributed by atoms with Gasteiger partial charge in [-0.3, -0.25) is 0 Å². The molecule has 0 aliphatic rings. The van der Waals surface area contributed by atoms with Crippen LogP contribution in [-0.4, -0.2) is 19.9 Å². The van der Waals surface area contributed by atoms with Crippen LogP contribution in [0.25, 0.3) is 108 Å². The lowest BCUT2D eigenvalue weighted by atomic mass is 9.93. The Morgan fingerprint density at radius 2 is 0.944 bits per heavy atom. The van der Waals surface area contributed by atoms with Gasteiger partial charge in [-0.15, -0.1) is 22.7 Å². The van der Waals surface area contributed by atoms with Gasteiger partial charge < -0.3 is 0 Å². The van der Waals surface area contributed by atoms with Crippen LogP contribution in [0.15, 0.2) is 170 Å². The summed E-state index contributed by atoms with van der Waals surface area (Å²) in [6.45, 7) is 0. The molecule has 3 aromatic heterocycles. The molecule has 0 radical (unpaired) electrons. The highest BCUT2D eigenvalue weighted by atomic mass is 32.1. The molecule has 0 aliphatic heterocycles. The third kappa shape index (κ3) is 5.11. The third-order valence-corrected chi connectivity index (χ3v) is 12.4. The Morgan fingerprint density at radius 1 is 0.352 bits per heavy atom. The first kappa shape index (κ1) is 31.0. The molecule has 4 nitrogen and oxygen atoms in total. The van der Waals surface area contributed by atoms with E-state index in [2.05, 4.69) is 109 Å². The second-order valence-electron chi connectivity index (χ2n) is 13.4. The van der Waals surface area contributed by atoms with Crippen LogP contribution in [0, 0.1) is 0 Å². The number of benzene rings is 8. The molecule has 0 saturated heterocycles. The maximum absolute atomic E-state index is 5.47. The van der Waals surface area contributed by atoms with Crippen LogP contribution in [-0.2, 0) is 0 Å². The van der Waals surface area contributed by atoms with Crippen molar-refractivity contribution in [2.45, 2.75) is 0 Å². The molecule has 0 spiro atoms. The Labute approximate surface area is 318 Å². The minimum Gasteiger partial charge on any atom is -0.235 e. The summed E-state index contributed by atoms with van der Waals surface area (Å²) in [6.07, 6.45) is 0. The highest BCUT2D eigenvalue weighted by Crippen LogP contribution is 2.48. The van der Waals surface area contributed by atoms with Crippen LogP contribution in [0.4, 0.5) is 0 Å². The van der Waals surface area contributed by atoms with Gasteiger partial charge in [0.1, 0.15) is 5.01 Å².